The lowest BCUT2D eigenvalue weighted by atomic mass is 9.87. The van der Waals surface area contributed by atoms with Gasteiger partial charge in [0.2, 0.25) is 0 Å². The third-order valence-electron chi connectivity index (χ3n) is 4.86. The Bertz CT molecular complexity index is 692. The molecule has 2 saturated heterocycles. The number of anilines is 1. The minimum atomic E-state index is 0.0132. The lowest BCUT2D eigenvalue weighted by molar-refractivity contribution is -0.122. The summed E-state index contributed by atoms with van der Waals surface area (Å²) in [5, 5.41) is 3.17. The molecule has 6 heteroatoms. The van der Waals surface area contributed by atoms with Crippen LogP contribution in [0.5, 0.6) is 0 Å². The summed E-state index contributed by atoms with van der Waals surface area (Å²) in [6.07, 6.45) is 2.91. The number of benzene rings is 1. The van der Waals surface area contributed by atoms with Gasteiger partial charge in [-0.2, -0.15) is 0 Å². The second-order valence-corrected chi connectivity index (χ2v) is 7.67. The maximum atomic E-state index is 12.5. The minimum Gasteiger partial charge on any atom is -0.371 e. The van der Waals surface area contributed by atoms with E-state index in [-0.39, 0.29) is 17.9 Å². The highest BCUT2D eigenvalue weighted by atomic mass is 32.1. The van der Waals surface area contributed by atoms with Crippen LogP contribution in [0, 0.1) is 5.41 Å². The number of carbonyl (C=O) groups is 1. The first-order chi connectivity index (χ1) is 11.7. The van der Waals surface area contributed by atoms with Crippen LogP contribution in [-0.4, -0.2) is 48.6 Å². The molecule has 2 aliphatic rings. The molecule has 0 N–H and O–H groups in total. The highest BCUT2D eigenvalue weighted by Gasteiger charge is 2.43. The molecule has 0 bridgehead atoms. The Morgan fingerprint density at radius 1 is 1.25 bits per heavy atom. The van der Waals surface area contributed by atoms with E-state index in [1.54, 1.807) is 11.3 Å². The Hall–Kier alpha value is -1.76. The number of ether oxygens (including phenoxy) is 1. The van der Waals surface area contributed by atoms with Crippen LogP contribution in [0.4, 0.5) is 5.69 Å². The Balaban J connectivity index is 1.51. The summed E-state index contributed by atoms with van der Waals surface area (Å²) < 4.78 is 5.75. The van der Waals surface area contributed by atoms with Gasteiger partial charge in [-0.1, -0.05) is 18.2 Å². The SMILES string of the molecule is O=C1COCC2(CCN(Cc3nccs3)C2)CN1c1ccccc1. The Morgan fingerprint density at radius 3 is 2.92 bits per heavy atom. The maximum Gasteiger partial charge on any atom is 0.252 e. The van der Waals surface area contributed by atoms with E-state index in [1.807, 2.05) is 46.8 Å². The average Bonchev–Trinajstić information content (AvgIpc) is 3.21. The zero-order valence-corrected chi connectivity index (χ0v) is 14.4. The van der Waals surface area contributed by atoms with Gasteiger partial charge >= 0.3 is 0 Å². The molecule has 1 atom stereocenters. The molecule has 0 saturated carbocycles. The first-order valence-corrected chi connectivity index (χ1v) is 9.16. The van der Waals surface area contributed by atoms with E-state index in [0.717, 1.165) is 43.3 Å². The number of rotatable bonds is 3. The van der Waals surface area contributed by atoms with Crippen molar-refractivity contribution in [1.29, 1.82) is 0 Å². The fourth-order valence-electron chi connectivity index (χ4n) is 3.68. The van der Waals surface area contributed by atoms with Crippen LogP contribution in [0.1, 0.15) is 11.4 Å². The van der Waals surface area contributed by atoms with E-state index in [2.05, 4.69) is 9.88 Å². The topological polar surface area (TPSA) is 45.7 Å². The van der Waals surface area contributed by atoms with Crippen molar-refractivity contribution < 1.29 is 9.53 Å². The molecular formula is C18H21N3O2S. The minimum absolute atomic E-state index is 0.0132. The van der Waals surface area contributed by atoms with E-state index in [1.165, 1.54) is 0 Å². The summed E-state index contributed by atoms with van der Waals surface area (Å²) in [4.78, 5) is 21.2. The van der Waals surface area contributed by atoms with Crippen molar-refractivity contribution in [2.45, 2.75) is 13.0 Å². The van der Waals surface area contributed by atoms with Gasteiger partial charge in [0.05, 0.1) is 13.2 Å². The summed E-state index contributed by atoms with van der Waals surface area (Å²) in [6, 6.07) is 9.93. The summed E-state index contributed by atoms with van der Waals surface area (Å²) in [5.74, 6) is 0.0523. The molecule has 4 rings (SSSR count). The Morgan fingerprint density at radius 2 is 2.12 bits per heavy atom. The molecule has 1 aromatic heterocycles. The first-order valence-electron chi connectivity index (χ1n) is 8.28. The van der Waals surface area contributed by atoms with Crippen molar-refractivity contribution in [3.05, 3.63) is 46.9 Å². The van der Waals surface area contributed by atoms with Gasteiger partial charge in [-0.25, -0.2) is 4.98 Å². The number of carbonyl (C=O) groups excluding carboxylic acids is 1. The number of amides is 1. The summed E-state index contributed by atoms with van der Waals surface area (Å²) >= 11 is 1.70. The van der Waals surface area contributed by atoms with Gasteiger partial charge in [0.25, 0.3) is 5.91 Å². The van der Waals surface area contributed by atoms with Crippen molar-refractivity contribution in [3.63, 3.8) is 0 Å². The summed E-state index contributed by atoms with van der Waals surface area (Å²) in [5.41, 5.74) is 0.977. The Kier molecular flexibility index (Phi) is 4.35. The summed E-state index contributed by atoms with van der Waals surface area (Å²) in [7, 11) is 0. The van der Waals surface area contributed by atoms with Gasteiger partial charge in [0.15, 0.2) is 0 Å². The van der Waals surface area contributed by atoms with E-state index < -0.39 is 0 Å². The van der Waals surface area contributed by atoms with Crippen molar-refractivity contribution in [2.75, 3.05) is 37.7 Å². The second kappa shape index (κ2) is 6.63. The third kappa shape index (κ3) is 3.22. The number of likely N-dealkylation sites (tertiary alicyclic amines) is 1. The molecule has 1 spiro atoms. The highest BCUT2D eigenvalue weighted by molar-refractivity contribution is 7.09. The third-order valence-corrected chi connectivity index (χ3v) is 5.62. The molecule has 24 heavy (non-hydrogen) atoms. The van der Waals surface area contributed by atoms with Gasteiger partial charge in [-0.05, 0) is 25.1 Å². The molecule has 0 radical (unpaired) electrons. The van der Waals surface area contributed by atoms with Gasteiger partial charge in [-0.15, -0.1) is 11.3 Å². The number of para-hydroxylation sites is 1. The van der Waals surface area contributed by atoms with Gasteiger partial charge in [-0.3, -0.25) is 9.69 Å². The molecule has 1 amide bonds. The normalized spacial score (nSPS) is 25.3. The van der Waals surface area contributed by atoms with Crippen LogP contribution in [0.2, 0.25) is 0 Å². The fraction of sp³-hybridized carbons (Fsp3) is 0.444. The quantitative estimate of drug-likeness (QED) is 0.858. The molecule has 3 heterocycles. The molecule has 1 unspecified atom stereocenters. The van der Waals surface area contributed by atoms with Gasteiger partial charge in [0, 0.05) is 35.8 Å². The molecule has 2 aromatic rings. The van der Waals surface area contributed by atoms with Crippen LogP contribution in [0.3, 0.4) is 0 Å². The maximum absolute atomic E-state index is 12.5. The van der Waals surface area contributed by atoms with Crippen molar-refractivity contribution >= 4 is 22.9 Å². The predicted molar refractivity (Wildman–Crippen MR) is 94.1 cm³/mol. The highest BCUT2D eigenvalue weighted by Crippen LogP contribution is 2.35. The van der Waals surface area contributed by atoms with E-state index in [9.17, 15) is 4.79 Å². The van der Waals surface area contributed by atoms with Crippen molar-refractivity contribution in [1.82, 2.24) is 9.88 Å². The Labute approximate surface area is 145 Å². The predicted octanol–water partition coefficient (Wildman–Crippen LogP) is 2.40. The lowest BCUT2D eigenvalue weighted by Gasteiger charge is -2.32. The molecular weight excluding hydrogens is 322 g/mol. The van der Waals surface area contributed by atoms with Crippen LogP contribution in [0.25, 0.3) is 0 Å². The zero-order valence-electron chi connectivity index (χ0n) is 13.6. The number of hydrogen-bond donors (Lipinski definition) is 0. The summed E-state index contributed by atoms with van der Waals surface area (Å²) in [6.45, 7) is 4.41. The molecule has 126 valence electrons. The number of hydrogen-bond acceptors (Lipinski definition) is 5. The number of thiazole rings is 1. The average molecular weight is 343 g/mol. The van der Waals surface area contributed by atoms with E-state index in [4.69, 9.17) is 4.74 Å². The second-order valence-electron chi connectivity index (χ2n) is 6.69. The number of nitrogens with zero attached hydrogens (tertiary/aromatic N) is 3. The standard InChI is InChI=1S/C18H21N3O2S/c22-17-11-23-14-18(13-21(17)15-4-2-1-3-5-15)6-8-20(12-18)10-16-19-7-9-24-16/h1-5,7,9H,6,8,10-14H2. The molecule has 1 aromatic carbocycles. The van der Waals surface area contributed by atoms with Crippen LogP contribution in [-0.2, 0) is 16.1 Å². The largest absolute Gasteiger partial charge is 0.371 e. The molecule has 5 nitrogen and oxygen atoms in total. The van der Waals surface area contributed by atoms with Gasteiger partial charge in [0.1, 0.15) is 11.6 Å². The van der Waals surface area contributed by atoms with Crippen LogP contribution < -0.4 is 4.90 Å². The molecule has 2 aliphatic heterocycles. The molecule has 0 aliphatic carbocycles. The first kappa shape index (κ1) is 15.7. The van der Waals surface area contributed by atoms with Crippen LogP contribution >= 0.6 is 11.3 Å². The number of aromatic nitrogens is 1. The molecule has 2 fully saturated rings. The lowest BCUT2D eigenvalue weighted by Crippen LogP contribution is -2.42. The van der Waals surface area contributed by atoms with Crippen molar-refractivity contribution in [2.24, 2.45) is 5.41 Å². The smallest absolute Gasteiger partial charge is 0.252 e. The van der Waals surface area contributed by atoms with E-state index >= 15 is 0 Å². The zero-order chi connectivity index (χ0) is 16.4. The van der Waals surface area contributed by atoms with Gasteiger partial charge < -0.3 is 9.64 Å². The van der Waals surface area contributed by atoms with E-state index in [0.29, 0.717) is 6.61 Å². The monoisotopic (exact) mass is 343 g/mol. The van der Waals surface area contributed by atoms with Crippen LogP contribution in [0.15, 0.2) is 41.9 Å². The fourth-order valence-corrected chi connectivity index (χ4v) is 4.33. The van der Waals surface area contributed by atoms with Crippen molar-refractivity contribution in [3.8, 4) is 0 Å².